The molecule has 0 heterocycles. The second-order valence-electron chi connectivity index (χ2n) is 8.20. The molecule has 2 fully saturated rings. The van der Waals surface area contributed by atoms with Crippen molar-refractivity contribution in [1.82, 2.24) is 10.6 Å². The van der Waals surface area contributed by atoms with Gasteiger partial charge in [0.05, 0.1) is 0 Å². The van der Waals surface area contributed by atoms with Gasteiger partial charge in [0.15, 0.2) is 5.78 Å². The Kier molecular flexibility index (Phi) is 5.60. The number of aliphatic hydroxyl groups is 1. The van der Waals surface area contributed by atoms with Crippen molar-refractivity contribution in [3.05, 3.63) is 35.4 Å². The van der Waals surface area contributed by atoms with E-state index in [4.69, 9.17) is 9.84 Å². The standard InChI is InChI=1S/C20H26N2O6/c1-20(2,27)17(23)13-5-3-11(4-6-13)10-28-19(26)22-16-9-12-7-14(16)15(8-12)21-18(24)25/h3-6,12,14-16,21,27H,7-10H2,1-2H3,(H,22,26)(H,24,25). The molecule has 4 atom stereocenters. The molecule has 1 aromatic carbocycles. The van der Waals surface area contributed by atoms with E-state index in [1.807, 2.05) is 0 Å². The van der Waals surface area contributed by atoms with Gasteiger partial charge in [-0.2, -0.15) is 0 Å². The molecule has 0 saturated heterocycles. The van der Waals surface area contributed by atoms with Crippen LogP contribution in [0, 0.1) is 11.8 Å². The van der Waals surface area contributed by atoms with Gasteiger partial charge in [-0.3, -0.25) is 4.79 Å². The monoisotopic (exact) mass is 390 g/mol. The van der Waals surface area contributed by atoms with Crippen LogP contribution >= 0.6 is 0 Å². The zero-order valence-electron chi connectivity index (χ0n) is 16.0. The lowest BCUT2D eigenvalue weighted by Gasteiger charge is -2.29. The maximum absolute atomic E-state index is 12.1. The van der Waals surface area contributed by atoms with Crippen LogP contribution in [0.5, 0.6) is 0 Å². The van der Waals surface area contributed by atoms with E-state index in [2.05, 4.69) is 10.6 Å². The summed E-state index contributed by atoms with van der Waals surface area (Å²) in [7, 11) is 0. The largest absolute Gasteiger partial charge is 0.465 e. The highest BCUT2D eigenvalue weighted by Crippen LogP contribution is 2.44. The first kappa shape index (κ1) is 20.1. The van der Waals surface area contributed by atoms with Crippen LogP contribution in [0.2, 0.25) is 0 Å². The van der Waals surface area contributed by atoms with Gasteiger partial charge in [0.25, 0.3) is 0 Å². The molecule has 2 bridgehead atoms. The number of hydrogen-bond acceptors (Lipinski definition) is 5. The molecule has 4 unspecified atom stereocenters. The predicted octanol–water partition coefficient (Wildman–Crippen LogP) is 2.30. The zero-order valence-corrected chi connectivity index (χ0v) is 16.0. The number of carbonyl (C=O) groups is 3. The van der Waals surface area contributed by atoms with Crippen LogP contribution < -0.4 is 10.6 Å². The van der Waals surface area contributed by atoms with Gasteiger partial charge in [-0.15, -0.1) is 0 Å². The molecule has 0 aliphatic heterocycles. The Hall–Kier alpha value is -2.61. The third kappa shape index (κ3) is 4.62. The van der Waals surface area contributed by atoms with Crippen molar-refractivity contribution in [3.8, 4) is 0 Å². The minimum Gasteiger partial charge on any atom is -0.465 e. The summed E-state index contributed by atoms with van der Waals surface area (Å²) in [4.78, 5) is 35.0. The summed E-state index contributed by atoms with van der Waals surface area (Å²) in [6.45, 7) is 2.92. The molecule has 8 nitrogen and oxygen atoms in total. The third-order valence-electron chi connectivity index (χ3n) is 5.57. The number of alkyl carbamates (subject to hydrolysis) is 1. The molecule has 3 rings (SSSR count). The first-order chi connectivity index (χ1) is 13.1. The Morgan fingerprint density at radius 2 is 1.68 bits per heavy atom. The SMILES string of the molecule is CC(C)(O)C(=O)c1ccc(COC(=O)NC2CC3CC(NC(=O)O)C2C3)cc1. The van der Waals surface area contributed by atoms with Crippen LogP contribution in [-0.4, -0.2) is 45.9 Å². The van der Waals surface area contributed by atoms with E-state index in [9.17, 15) is 19.5 Å². The summed E-state index contributed by atoms with van der Waals surface area (Å²) in [5.41, 5.74) is -0.327. The van der Waals surface area contributed by atoms with E-state index >= 15 is 0 Å². The maximum atomic E-state index is 12.1. The molecule has 152 valence electrons. The molecule has 1 aromatic rings. The number of carbonyl (C=O) groups excluding carboxylic acids is 2. The summed E-state index contributed by atoms with van der Waals surface area (Å²) in [6, 6.07) is 6.33. The van der Waals surface area contributed by atoms with Gasteiger partial charge >= 0.3 is 12.2 Å². The lowest BCUT2D eigenvalue weighted by molar-refractivity contribution is 0.0488. The van der Waals surface area contributed by atoms with Crippen LogP contribution in [0.4, 0.5) is 9.59 Å². The molecule has 2 amide bonds. The lowest BCUT2D eigenvalue weighted by atomic mass is 9.91. The third-order valence-corrected chi connectivity index (χ3v) is 5.57. The minimum atomic E-state index is -1.44. The maximum Gasteiger partial charge on any atom is 0.407 e. The molecule has 0 radical (unpaired) electrons. The molecule has 0 aromatic heterocycles. The van der Waals surface area contributed by atoms with Crippen LogP contribution in [0.3, 0.4) is 0 Å². The van der Waals surface area contributed by atoms with Gasteiger partial charge in [-0.1, -0.05) is 24.3 Å². The Bertz CT molecular complexity index is 755. The first-order valence-electron chi connectivity index (χ1n) is 9.42. The minimum absolute atomic E-state index is 0.0560. The fourth-order valence-electron chi connectivity index (χ4n) is 4.29. The van der Waals surface area contributed by atoms with E-state index in [1.165, 1.54) is 13.8 Å². The lowest BCUT2D eigenvalue weighted by Crippen LogP contribution is -2.48. The molecular weight excluding hydrogens is 364 g/mol. The number of Topliss-reactive ketones (excluding diaryl/α,β-unsaturated/α-hetero) is 1. The Morgan fingerprint density at radius 1 is 1.07 bits per heavy atom. The van der Waals surface area contributed by atoms with Crippen LogP contribution in [0.15, 0.2) is 24.3 Å². The molecule has 2 saturated carbocycles. The summed E-state index contributed by atoms with van der Waals surface area (Å²) in [5, 5.41) is 24.1. The zero-order chi connectivity index (χ0) is 20.5. The highest BCUT2D eigenvalue weighted by atomic mass is 16.5. The number of hydrogen-bond donors (Lipinski definition) is 4. The summed E-state index contributed by atoms with van der Waals surface area (Å²) >= 11 is 0. The van der Waals surface area contributed by atoms with Crippen LogP contribution in [-0.2, 0) is 11.3 Å². The van der Waals surface area contributed by atoms with Gasteiger partial charge in [0.1, 0.15) is 12.2 Å². The van der Waals surface area contributed by atoms with Crippen molar-refractivity contribution in [3.63, 3.8) is 0 Å². The molecule has 2 aliphatic rings. The number of fused-ring (bicyclic) bond motifs is 2. The van der Waals surface area contributed by atoms with Crippen LogP contribution in [0.1, 0.15) is 49.0 Å². The fourth-order valence-corrected chi connectivity index (χ4v) is 4.29. The molecule has 4 N–H and O–H groups in total. The van der Waals surface area contributed by atoms with Gasteiger partial charge in [0, 0.05) is 17.6 Å². The number of ketones is 1. The van der Waals surface area contributed by atoms with Crippen molar-refractivity contribution < 1.29 is 29.3 Å². The summed E-state index contributed by atoms with van der Waals surface area (Å²) < 4.78 is 5.26. The van der Waals surface area contributed by atoms with Gasteiger partial charge in [-0.05, 0) is 50.5 Å². The molecule has 28 heavy (non-hydrogen) atoms. The second-order valence-corrected chi connectivity index (χ2v) is 8.20. The van der Waals surface area contributed by atoms with Crippen molar-refractivity contribution in [2.24, 2.45) is 11.8 Å². The van der Waals surface area contributed by atoms with E-state index in [0.29, 0.717) is 11.5 Å². The Balaban J connectivity index is 1.48. The van der Waals surface area contributed by atoms with Crippen molar-refractivity contribution in [2.45, 2.75) is 57.4 Å². The molecule has 2 aliphatic carbocycles. The number of nitrogens with one attached hydrogen (secondary N) is 2. The average Bonchev–Trinajstić information content (AvgIpc) is 3.18. The van der Waals surface area contributed by atoms with Gasteiger partial charge in [-0.25, -0.2) is 9.59 Å². The van der Waals surface area contributed by atoms with E-state index < -0.39 is 17.8 Å². The Morgan fingerprint density at radius 3 is 2.21 bits per heavy atom. The van der Waals surface area contributed by atoms with Crippen molar-refractivity contribution >= 4 is 18.0 Å². The topological polar surface area (TPSA) is 125 Å². The molecular formula is C20H26N2O6. The van der Waals surface area contributed by atoms with Gasteiger partial charge < -0.3 is 25.6 Å². The fraction of sp³-hybridized carbons (Fsp3) is 0.550. The van der Waals surface area contributed by atoms with E-state index in [1.54, 1.807) is 24.3 Å². The first-order valence-corrected chi connectivity index (χ1v) is 9.42. The van der Waals surface area contributed by atoms with E-state index in [0.717, 1.165) is 24.8 Å². The average molecular weight is 390 g/mol. The highest BCUT2D eigenvalue weighted by molar-refractivity contribution is 6.01. The number of amides is 2. The number of rotatable bonds is 6. The number of benzene rings is 1. The molecule has 0 spiro atoms. The normalized spacial score (nSPS) is 26.0. The van der Waals surface area contributed by atoms with Gasteiger partial charge in [0.2, 0.25) is 0 Å². The second kappa shape index (κ2) is 7.79. The highest BCUT2D eigenvalue weighted by Gasteiger charge is 2.47. The van der Waals surface area contributed by atoms with Crippen molar-refractivity contribution in [1.29, 1.82) is 0 Å². The van der Waals surface area contributed by atoms with Crippen molar-refractivity contribution in [2.75, 3.05) is 0 Å². The number of ether oxygens (including phenoxy) is 1. The Labute approximate surface area is 163 Å². The molecule has 8 heteroatoms. The predicted molar refractivity (Wildman–Crippen MR) is 100.0 cm³/mol. The summed E-state index contributed by atoms with van der Waals surface area (Å²) in [6.07, 6.45) is 0.992. The summed E-state index contributed by atoms with van der Waals surface area (Å²) in [5.74, 6) is 0.146. The quantitative estimate of drug-likeness (QED) is 0.553. The van der Waals surface area contributed by atoms with E-state index in [-0.39, 0.29) is 30.4 Å². The van der Waals surface area contributed by atoms with Crippen LogP contribution in [0.25, 0.3) is 0 Å². The smallest absolute Gasteiger partial charge is 0.407 e. The number of carboxylic acid groups (broad SMARTS) is 1.